The zero-order valence-corrected chi connectivity index (χ0v) is 17.4. The van der Waals surface area contributed by atoms with Gasteiger partial charge in [0.2, 0.25) is 0 Å². The van der Waals surface area contributed by atoms with Crippen molar-refractivity contribution in [3.63, 3.8) is 0 Å². The number of hydrogen-bond acceptors (Lipinski definition) is 4. The van der Waals surface area contributed by atoms with Crippen LogP contribution in [0.25, 0.3) is 0 Å². The van der Waals surface area contributed by atoms with Gasteiger partial charge in [-0.15, -0.1) is 0 Å². The monoisotopic (exact) mass is 373 g/mol. The van der Waals surface area contributed by atoms with Gasteiger partial charge in [-0.25, -0.2) is 8.42 Å². The van der Waals surface area contributed by atoms with E-state index in [0.717, 1.165) is 31.8 Å². The van der Waals surface area contributed by atoms with E-state index >= 15 is 0 Å². The molecule has 6 nitrogen and oxygen atoms in total. The Morgan fingerprint density at radius 3 is 2.52 bits per heavy atom. The molecular weight excluding hydrogens is 338 g/mol. The van der Waals surface area contributed by atoms with Crippen LogP contribution < -0.4 is 5.32 Å². The normalized spacial score (nSPS) is 30.6. The largest absolute Gasteiger partial charge is 0.378 e. The van der Waals surface area contributed by atoms with Crippen LogP contribution in [0.4, 0.5) is 0 Å². The van der Waals surface area contributed by atoms with E-state index in [1.807, 2.05) is 0 Å². The average molecular weight is 374 g/mol. The minimum atomic E-state index is -3.04. The first-order chi connectivity index (χ1) is 11.5. The van der Waals surface area contributed by atoms with Crippen molar-refractivity contribution < 1.29 is 13.2 Å². The number of ether oxygens (including phenoxy) is 1. The van der Waals surface area contributed by atoms with Gasteiger partial charge in [-0.2, -0.15) is 0 Å². The van der Waals surface area contributed by atoms with Crippen LogP contribution in [0.1, 0.15) is 53.9 Å². The minimum absolute atomic E-state index is 0.0427. The molecule has 1 aliphatic heterocycles. The van der Waals surface area contributed by atoms with Gasteiger partial charge in [0.25, 0.3) is 0 Å². The standard InChI is InChI=1S/C18H35N3O3S/c1-7-8-10-24-15-12-14(18(15,4)5)20-16(19-6)21-9-11-25(22,23)17(2,3)13-21/h14-15H,7-13H2,1-6H3,(H,19,20). The highest BCUT2D eigenvalue weighted by Crippen LogP contribution is 2.43. The Labute approximate surface area is 153 Å². The number of aliphatic imine (C=N–C) groups is 1. The molecule has 1 saturated heterocycles. The van der Waals surface area contributed by atoms with Crippen LogP contribution in [0, 0.1) is 5.41 Å². The van der Waals surface area contributed by atoms with Gasteiger partial charge in [-0.05, 0) is 26.7 Å². The molecule has 1 N–H and O–H groups in total. The molecular formula is C18H35N3O3S. The fourth-order valence-corrected chi connectivity index (χ4v) is 4.93. The highest BCUT2D eigenvalue weighted by molar-refractivity contribution is 7.92. The van der Waals surface area contributed by atoms with Crippen molar-refractivity contribution in [2.24, 2.45) is 10.4 Å². The maximum Gasteiger partial charge on any atom is 0.193 e. The lowest BCUT2D eigenvalue weighted by Gasteiger charge is -2.53. The number of hydrogen-bond donors (Lipinski definition) is 1. The second kappa shape index (κ2) is 7.43. The Hall–Kier alpha value is -0.820. The molecule has 25 heavy (non-hydrogen) atoms. The van der Waals surface area contributed by atoms with E-state index < -0.39 is 14.6 Å². The maximum absolute atomic E-state index is 12.2. The number of nitrogens with zero attached hydrogens (tertiary/aromatic N) is 2. The first-order valence-corrected chi connectivity index (χ1v) is 11.0. The molecule has 2 rings (SSSR count). The summed E-state index contributed by atoms with van der Waals surface area (Å²) in [5, 5.41) is 3.55. The van der Waals surface area contributed by atoms with E-state index in [1.54, 1.807) is 20.9 Å². The molecule has 7 heteroatoms. The Morgan fingerprint density at radius 2 is 2.00 bits per heavy atom. The molecule has 2 unspecified atom stereocenters. The number of rotatable bonds is 5. The molecule has 1 saturated carbocycles. The predicted octanol–water partition coefficient (Wildman–Crippen LogP) is 2.05. The van der Waals surface area contributed by atoms with Gasteiger partial charge in [-0.3, -0.25) is 4.99 Å². The van der Waals surface area contributed by atoms with Crippen LogP contribution in [-0.2, 0) is 14.6 Å². The molecule has 0 spiro atoms. The van der Waals surface area contributed by atoms with Crippen LogP contribution in [0.2, 0.25) is 0 Å². The zero-order chi connectivity index (χ0) is 18.9. The first kappa shape index (κ1) is 20.5. The van der Waals surface area contributed by atoms with Gasteiger partial charge in [0.15, 0.2) is 15.8 Å². The fraction of sp³-hybridized carbons (Fsp3) is 0.944. The molecule has 2 atom stereocenters. The summed E-state index contributed by atoms with van der Waals surface area (Å²) in [5.41, 5.74) is 0.0427. The predicted molar refractivity (Wildman–Crippen MR) is 103 cm³/mol. The smallest absolute Gasteiger partial charge is 0.193 e. The Morgan fingerprint density at radius 1 is 1.32 bits per heavy atom. The summed E-state index contributed by atoms with van der Waals surface area (Å²) >= 11 is 0. The summed E-state index contributed by atoms with van der Waals surface area (Å²) in [5.74, 6) is 0.977. The minimum Gasteiger partial charge on any atom is -0.378 e. The molecule has 1 heterocycles. The Balaban J connectivity index is 1.96. The van der Waals surface area contributed by atoms with E-state index in [0.29, 0.717) is 19.1 Å². The summed E-state index contributed by atoms with van der Waals surface area (Å²) < 4.78 is 29.7. The maximum atomic E-state index is 12.2. The third kappa shape index (κ3) is 4.13. The van der Waals surface area contributed by atoms with Gasteiger partial charge in [-0.1, -0.05) is 27.2 Å². The van der Waals surface area contributed by atoms with Crippen molar-refractivity contribution in [2.45, 2.75) is 70.8 Å². The van der Waals surface area contributed by atoms with Gasteiger partial charge in [0.1, 0.15) is 0 Å². The van der Waals surface area contributed by atoms with Crippen molar-refractivity contribution in [1.82, 2.24) is 10.2 Å². The molecule has 0 aromatic heterocycles. The van der Waals surface area contributed by atoms with Crippen molar-refractivity contribution in [1.29, 1.82) is 0 Å². The highest BCUT2D eigenvalue weighted by Gasteiger charge is 2.50. The molecule has 2 fully saturated rings. The molecule has 0 bridgehead atoms. The molecule has 0 aromatic carbocycles. The molecule has 0 radical (unpaired) electrons. The molecule has 1 aliphatic carbocycles. The molecule has 146 valence electrons. The van der Waals surface area contributed by atoms with Crippen molar-refractivity contribution in [3.8, 4) is 0 Å². The summed E-state index contributed by atoms with van der Waals surface area (Å²) in [6.07, 6.45) is 3.48. The van der Waals surface area contributed by atoms with Crippen LogP contribution in [-0.4, -0.2) is 68.7 Å². The van der Waals surface area contributed by atoms with Crippen molar-refractivity contribution in [2.75, 3.05) is 32.5 Å². The van der Waals surface area contributed by atoms with Gasteiger partial charge < -0.3 is 15.0 Å². The van der Waals surface area contributed by atoms with Crippen molar-refractivity contribution in [3.05, 3.63) is 0 Å². The number of guanidine groups is 1. The van der Waals surface area contributed by atoms with Gasteiger partial charge in [0.05, 0.1) is 16.6 Å². The van der Waals surface area contributed by atoms with Crippen LogP contribution in [0.15, 0.2) is 4.99 Å². The van der Waals surface area contributed by atoms with Gasteiger partial charge >= 0.3 is 0 Å². The summed E-state index contributed by atoms with van der Waals surface area (Å²) in [6, 6.07) is 0.291. The second-order valence-corrected chi connectivity index (χ2v) is 11.3. The summed E-state index contributed by atoms with van der Waals surface area (Å²) in [7, 11) is -1.28. The topological polar surface area (TPSA) is 71.0 Å². The summed E-state index contributed by atoms with van der Waals surface area (Å²) in [6.45, 7) is 12.0. The third-order valence-corrected chi connectivity index (χ3v) is 8.39. The van der Waals surface area contributed by atoms with Crippen LogP contribution in [0.3, 0.4) is 0 Å². The van der Waals surface area contributed by atoms with E-state index in [-0.39, 0.29) is 17.3 Å². The van der Waals surface area contributed by atoms with E-state index in [1.165, 1.54) is 0 Å². The van der Waals surface area contributed by atoms with Crippen LogP contribution >= 0.6 is 0 Å². The SMILES string of the molecule is CCCCOC1CC(NC(=NC)N2CCS(=O)(=O)C(C)(C)C2)C1(C)C. The number of unbranched alkanes of at least 4 members (excludes halogenated alkanes) is 1. The fourth-order valence-electron chi connectivity index (χ4n) is 3.56. The quantitative estimate of drug-likeness (QED) is 0.454. The zero-order valence-electron chi connectivity index (χ0n) is 16.6. The Kier molecular flexibility index (Phi) is 6.09. The lowest BCUT2D eigenvalue weighted by Crippen LogP contribution is -2.65. The number of nitrogens with one attached hydrogen (secondary N) is 1. The first-order valence-electron chi connectivity index (χ1n) is 9.37. The van der Waals surface area contributed by atoms with Crippen LogP contribution in [0.5, 0.6) is 0 Å². The molecule has 2 aliphatic rings. The highest BCUT2D eigenvalue weighted by atomic mass is 32.2. The number of sulfone groups is 1. The summed E-state index contributed by atoms with van der Waals surface area (Å²) in [4.78, 5) is 6.48. The van der Waals surface area contributed by atoms with E-state index in [2.05, 4.69) is 36.0 Å². The van der Waals surface area contributed by atoms with E-state index in [9.17, 15) is 8.42 Å². The Bertz CT molecular complexity index is 599. The third-order valence-electron chi connectivity index (χ3n) is 5.85. The van der Waals surface area contributed by atoms with E-state index in [4.69, 9.17) is 4.74 Å². The lowest BCUT2D eigenvalue weighted by molar-refractivity contribution is -0.114. The average Bonchev–Trinajstić information content (AvgIpc) is 2.52. The van der Waals surface area contributed by atoms with Crippen molar-refractivity contribution >= 4 is 15.8 Å². The lowest BCUT2D eigenvalue weighted by atomic mass is 9.64. The second-order valence-electron chi connectivity index (χ2n) is 8.51. The van der Waals surface area contributed by atoms with Gasteiger partial charge in [0, 0.05) is 38.2 Å². The molecule has 0 aromatic rings. The molecule has 0 amide bonds.